The summed E-state index contributed by atoms with van der Waals surface area (Å²) >= 11 is 0. The Hall–Kier alpha value is -2.25. The quantitative estimate of drug-likeness (QED) is 0.800. The first-order valence-electron chi connectivity index (χ1n) is 6.36. The highest BCUT2D eigenvalue weighted by Crippen LogP contribution is 2.11. The Balaban J connectivity index is 2.21. The number of nitrogens with two attached hydrogens (primary N) is 1. The zero-order valence-corrected chi connectivity index (χ0v) is 11.1. The molecule has 0 spiro atoms. The van der Waals surface area contributed by atoms with Crippen molar-refractivity contribution in [2.75, 3.05) is 11.1 Å². The van der Waals surface area contributed by atoms with E-state index >= 15 is 0 Å². The van der Waals surface area contributed by atoms with Gasteiger partial charge in [-0.15, -0.1) is 0 Å². The number of aromatic nitrogens is 6. The maximum absolute atomic E-state index is 5.69. The summed E-state index contributed by atoms with van der Waals surface area (Å²) in [6.07, 6.45) is 6.09. The zero-order chi connectivity index (χ0) is 13.7. The third-order valence-electron chi connectivity index (χ3n) is 2.73. The fourth-order valence-electron chi connectivity index (χ4n) is 1.77. The molecular weight excluding hydrogens is 244 g/mol. The van der Waals surface area contributed by atoms with Crippen molar-refractivity contribution in [3.05, 3.63) is 12.7 Å². The smallest absolute Gasteiger partial charge is 0.258 e. The zero-order valence-electron chi connectivity index (χ0n) is 11.1. The maximum Gasteiger partial charge on any atom is 0.258 e. The fourth-order valence-corrected chi connectivity index (χ4v) is 1.77. The highest BCUT2D eigenvalue weighted by Gasteiger charge is 2.10. The van der Waals surface area contributed by atoms with E-state index < -0.39 is 0 Å². The summed E-state index contributed by atoms with van der Waals surface area (Å²) < 4.78 is 1.45. The summed E-state index contributed by atoms with van der Waals surface area (Å²) in [5.41, 5.74) is 5.69. The van der Waals surface area contributed by atoms with E-state index in [0.29, 0.717) is 17.9 Å². The number of rotatable bonds is 6. The average Bonchev–Trinajstić information content (AvgIpc) is 2.91. The van der Waals surface area contributed by atoms with Crippen LogP contribution in [0.4, 0.5) is 11.9 Å². The first kappa shape index (κ1) is 13.2. The second-order valence-electron chi connectivity index (χ2n) is 4.20. The molecule has 2 aromatic rings. The molecule has 0 bridgehead atoms. The van der Waals surface area contributed by atoms with E-state index in [1.165, 1.54) is 17.3 Å². The molecule has 19 heavy (non-hydrogen) atoms. The van der Waals surface area contributed by atoms with Crippen LogP contribution in [0.2, 0.25) is 0 Å². The number of nitrogens with one attached hydrogen (secondary N) is 1. The molecule has 2 heterocycles. The van der Waals surface area contributed by atoms with Crippen LogP contribution in [-0.4, -0.2) is 35.8 Å². The largest absolute Gasteiger partial charge is 0.368 e. The SMILES string of the molecule is CCCC(CC)Nc1nc(N)nc(-n2cncn2)n1. The molecule has 1 atom stereocenters. The summed E-state index contributed by atoms with van der Waals surface area (Å²) in [6, 6.07) is 0.329. The predicted molar refractivity (Wildman–Crippen MR) is 71.8 cm³/mol. The molecule has 0 aliphatic heterocycles. The molecule has 8 heteroatoms. The van der Waals surface area contributed by atoms with Gasteiger partial charge in [0.05, 0.1) is 0 Å². The van der Waals surface area contributed by atoms with Crippen molar-refractivity contribution >= 4 is 11.9 Å². The molecule has 0 aromatic carbocycles. The first-order valence-corrected chi connectivity index (χ1v) is 6.36. The third kappa shape index (κ3) is 3.36. The van der Waals surface area contributed by atoms with Gasteiger partial charge >= 0.3 is 0 Å². The van der Waals surface area contributed by atoms with Gasteiger partial charge in [0.2, 0.25) is 11.9 Å². The molecule has 0 aliphatic rings. The Kier molecular flexibility index (Phi) is 4.22. The van der Waals surface area contributed by atoms with Gasteiger partial charge in [0.1, 0.15) is 12.7 Å². The number of anilines is 2. The standard InChI is InChI=1S/C11H18N8/c1-3-5-8(4-2)15-10-16-9(12)17-11(18-10)19-7-13-6-14-19/h6-8H,3-5H2,1-2H3,(H3,12,15,16,17,18). The van der Waals surface area contributed by atoms with E-state index in [9.17, 15) is 0 Å². The minimum atomic E-state index is 0.161. The molecule has 0 radical (unpaired) electrons. The van der Waals surface area contributed by atoms with Crippen LogP contribution < -0.4 is 11.1 Å². The van der Waals surface area contributed by atoms with Gasteiger partial charge in [0.25, 0.3) is 5.95 Å². The molecule has 3 N–H and O–H groups in total. The summed E-state index contributed by atoms with van der Waals surface area (Å²) in [7, 11) is 0. The lowest BCUT2D eigenvalue weighted by atomic mass is 10.1. The van der Waals surface area contributed by atoms with Crippen LogP contribution in [0.15, 0.2) is 12.7 Å². The van der Waals surface area contributed by atoms with Gasteiger partial charge < -0.3 is 11.1 Å². The number of nitrogens with zero attached hydrogens (tertiary/aromatic N) is 6. The summed E-state index contributed by atoms with van der Waals surface area (Å²) in [4.78, 5) is 16.3. The Morgan fingerprint density at radius 2 is 2.16 bits per heavy atom. The molecule has 1 unspecified atom stereocenters. The van der Waals surface area contributed by atoms with Gasteiger partial charge in [-0.2, -0.15) is 24.7 Å². The number of hydrogen-bond acceptors (Lipinski definition) is 7. The molecular formula is C11H18N8. The molecule has 0 fully saturated rings. The second-order valence-corrected chi connectivity index (χ2v) is 4.20. The van der Waals surface area contributed by atoms with Crippen molar-refractivity contribution in [1.82, 2.24) is 29.7 Å². The van der Waals surface area contributed by atoms with Crippen molar-refractivity contribution in [3.8, 4) is 5.95 Å². The highest BCUT2D eigenvalue weighted by molar-refractivity contribution is 5.35. The Labute approximate surface area is 111 Å². The number of nitrogen functional groups attached to an aromatic ring is 1. The van der Waals surface area contributed by atoms with Crippen LogP contribution in [0, 0.1) is 0 Å². The van der Waals surface area contributed by atoms with E-state index in [1.54, 1.807) is 0 Å². The molecule has 0 saturated carbocycles. The van der Waals surface area contributed by atoms with E-state index in [0.717, 1.165) is 19.3 Å². The van der Waals surface area contributed by atoms with Crippen molar-refractivity contribution in [2.24, 2.45) is 0 Å². The molecule has 102 valence electrons. The first-order chi connectivity index (χ1) is 9.22. The van der Waals surface area contributed by atoms with Gasteiger partial charge in [0, 0.05) is 6.04 Å². The molecule has 0 amide bonds. The Bertz CT molecular complexity index is 509. The molecule has 2 rings (SSSR count). The fraction of sp³-hybridized carbons (Fsp3) is 0.545. The summed E-state index contributed by atoms with van der Waals surface area (Å²) in [5.74, 6) is 0.992. The monoisotopic (exact) mass is 262 g/mol. The van der Waals surface area contributed by atoms with E-state index in [2.05, 4.69) is 44.2 Å². The van der Waals surface area contributed by atoms with Crippen LogP contribution in [0.3, 0.4) is 0 Å². The second kappa shape index (κ2) is 6.07. The van der Waals surface area contributed by atoms with Gasteiger partial charge in [-0.25, -0.2) is 4.98 Å². The Morgan fingerprint density at radius 3 is 2.79 bits per heavy atom. The lowest BCUT2D eigenvalue weighted by Crippen LogP contribution is -2.21. The topological polar surface area (TPSA) is 107 Å². The summed E-state index contributed by atoms with van der Waals surface area (Å²) in [5, 5.41) is 7.24. The van der Waals surface area contributed by atoms with Gasteiger partial charge in [-0.1, -0.05) is 20.3 Å². The van der Waals surface area contributed by atoms with Gasteiger partial charge in [-0.05, 0) is 12.8 Å². The predicted octanol–water partition coefficient (Wildman–Crippen LogP) is 1.03. The molecule has 8 nitrogen and oxygen atoms in total. The van der Waals surface area contributed by atoms with Crippen molar-refractivity contribution in [3.63, 3.8) is 0 Å². The van der Waals surface area contributed by atoms with Crippen LogP contribution in [-0.2, 0) is 0 Å². The van der Waals surface area contributed by atoms with Crippen LogP contribution >= 0.6 is 0 Å². The van der Waals surface area contributed by atoms with Gasteiger partial charge in [0.15, 0.2) is 0 Å². The van der Waals surface area contributed by atoms with E-state index in [-0.39, 0.29) is 5.95 Å². The molecule has 0 saturated heterocycles. The lowest BCUT2D eigenvalue weighted by Gasteiger charge is -2.16. The van der Waals surface area contributed by atoms with E-state index in [1.807, 2.05) is 0 Å². The van der Waals surface area contributed by atoms with Crippen molar-refractivity contribution in [2.45, 2.75) is 39.2 Å². The van der Waals surface area contributed by atoms with Crippen molar-refractivity contribution < 1.29 is 0 Å². The van der Waals surface area contributed by atoms with Gasteiger partial charge in [-0.3, -0.25) is 0 Å². The van der Waals surface area contributed by atoms with Crippen LogP contribution in [0.25, 0.3) is 5.95 Å². The van der Waals surface area contributed by atoms with Crippen molar-refractivity contribution in [1.29, 1.82) is 0 Å². The number of hydrogen-bond donors (Lipinski definition) is 2. The van der Waals surface area contributed by atoms with E-state index in [4.69, 9.17) is 5.73 Å². The Morgan fingerprint density at radius 1 is 1.32 bits per heavy atom. The lowest BCUT2D eigenvalue weighted by molar-refractivity contribution is 0.616. The normalized spacial score (nSPS) is 12.3. The minimum absolute atomic E-state index is 0.161. The highest BCUT2D eigenvalue weighted by atomic mass is 15.4. The summed E-state index contributed by atoms with van der Waals surface area (Å²) in [6.45, 7) is 4.27. The van der Waals surface area contributed by atoms with Crippen LogP contribution in [0.1, 0.15) is 33.1 Å². The molecule has 0 aliphatic carbocycles. The van der Waals surface area contributed by atoms with Crippen LogP contribution in [0.5, 0.6) is 0 Å². The molecule has 2 aromatic heterocycles. The maximum atomic E-state index is 5.69. The minimum Gasteiger partial charge on any atom is -0.368 e. The average molecular weight is 262 g/mol. The third-order valence-corrected chi connectivity index (χ3v) is 2.73.